The number of likely N-dealkylation sites (tertiary alicyclic amines) is 1. The number of rotatable bonds is 67. The van der Waals surface area contributed by atoms with Gasteiger partial charge in [0, 0.05) is 38.9 Å². The highest BCUT2D eigenvalue weighted by molar-refractivity contribution is 5.99. The lowest BCUT2D eigenvalue weighted by atomic mass is 9.98. The van der Waals surface area contributed by atoms with Crippen LogP contribution in [0.4, 0.5) is 0 Å². The molecule has 1 heterocycles. The molecule has 0 saturated carbocycles. The second-order valence-corrected chi connectivity index (χ2v) is 32.5. The van der Waals surface area contributed by atoms with Gasteiger partial charge in [0.15, 0.2) is 11.9 Å². The van der Waals surface area contributed by atoms with Gasteiger partial charge in [-0.2, -0.15) is 0 Å². The summed E-state index contributed by atoms with van der Waals surface area (Å²) in [6, 6.07) is 8.78. The molecule has 2 aromatic rings. The number of nitrogens with zero attached hydrogens (tertiary/aromatic N) is 4. The Morgan fingerprint density at radius 3 is 1.25 bits per heavy atom. The van der Waals surface area contributed by atoms with Gasteiger partial charge in [0.1, 0.15) is 47.8 Å². The first-order valence-corrected chi connectivity index (χ1v) is 43.7. The average molecular weight is 1600 g/mol. The van der Waals surface area contributed by atoms with Gasteiger partial charge in [0.25, 0.3) is 0 Å². The molecule has 0 bridgehead atoms. The van der Waals surface area contributed by atoms with E-state index >= 15 is 4.79 Å². The van der Waals surface area contributed by atoms with Gasteiger partial charge in [0.2, 0.25) is 59.1 Å². The number of carbonyl (C=O) groups is 10. The van der Waals surface area contributed by atoms with Crippen LogP contribution in [0, 0.1) is 5.92 Å². The number of amides is 10. The minimum atomic E-state index is -1.50. The maximum atomic E-state index is 15.0. The second kappa shape index (κ2) is 60.2. The van der Waals surface area contributed by atoms with Crippen molar-refractivity contribution in [3.63, 3.8) is 0 Å². The number of hydrogen-bond donors (Lipinski definition) is 13. The zero-order chi connectivity index (χ0) is 83.7. The van der Waals surface area contributed by atoms with Crippen LogP contribution in [-0.2, 0) is 60.8 Å². The Hall–Kier alpha value is -8.36. The van der Waals surface area contributed by atoms with Crippen LogP contribution in [0.2, 0.25) is 0 Å². The number of primary amides is 2. The molecule has 7 unspecified atom stereocenters. The molecule has 0 aromatic heterocycles. The predicted octanol–water partition coefficient (Wildman–Crippen LogP) is 9.61. The van der Waals surface area contributed by atoms with Crippen molar-refractivity contribution < 1.29 is 47.9 Å². The summed E-state index contributed by atoms with van der Waals surface area (Å²) in [6.07, 6.45) is 40.3. The van der Waals surface area contributed by atoms with Crippen LogP contribution in [0.1, 0.15) is 310 Å². The van der Waals surface area contributed by atoms with Crippen molar-refractivity contribution in [1.29, 1.82) is 0 Å². The lowest BCUT2D eigenvalue weighted by Crippen LogP contribution is -2.62. The molecule has 0 aliphatic carbocycles. The number of carbonyl (C=O) groups excluding carboxylic acids is 10. The Bertz CT molecular complexity index is 3100. The Kier molecular flexibility index (Phi) is 52.7. The zero-order valence-electron chi connectivity index (χ0n) is 70.7. The van der Waals surface area contributed by atoms with Gasteiger partial charge in [-0.25, -0.2) is 0 Å². The highest BCUT2D eigenvalue weighted by Crippen LogP contribution is 2.23. The molecule has 1 fully saturated rings. The molecular weight excluding hydrogens is 1440 g/mol. The largest absolute Gasteiger partial charge is 0.370 e. The summed E-state index contributed by atoms with van der Waals surface area (Å²) in [5.41, 5.74) is 33.1. The van der Waals surface area contributed by atoms with Gasteiger partial charge in [-0.1, -0.05) is 262 Å². The van der Waals surface area contributed by atoms with E-state index in [2.05, 4.69) is 65.9 Å². The number of guanidine groups is 2. The molecule has 27 heteroatoms. The van der Waals surface area contributed by atoms with E-state index in [4.69, 9.17) is 34.4 Å². The number of aliphatic imine (C=N–C) groups is 2. The summed E-state index contributed by atoms with van der Waals surface area (Å²) in [4.78, 5) is 152. The third kappa shape index (κ3) is 45.7. The standard InChI is InChI=1S/C87H151N17O10/c1-7-9-11-13-15-17-19-21-23-25-27-29-31-41-57-103(58-42-32-30-28-26-24-22-20-18-16-14-12-10-8-2)59-43-35-40-54-76(106)102-87(5,6)84(114)101-73(63-67-49-38-34-39-50-67)81(111)99-71(61-65(3)4)79(109)100-72(62-66-47-36-33-37-48-66)80(110)97-69(52-45-56-95-86(92)93)83(113)104-60-46-53-74(104)82(112)96-68(51-44-55-94-85(90)91)78(108)98-70(77(89)107)64-75(88)105/h33-34,36-39,47-50,65,68-74H,7-32,35,40-46,51-64H2,1-6H3,(H2,88,105)(H2,89,107)(H,96,112)(H,97,110)(H,98,108)(H,99,111)(H,100,109)(H,101,114)(H,102,106)(H4,90,91,94)(H4,92,93,95). The summed E-state index contributed by atoms with van der Waals surface area (Å²) in [6.45, 7) is 14.9. The highest BCUT2D eigenvalue weighted by Gasteiger charge is 2.41. The van der Waals surface area contributed by atoms with Crippen LogP contribution in [-0.4, -0.2) is 168 Å². The molecule has 114 heavy (non-hydrogen) atoms. The number of nitrogens with two attached hydrogens (primary N) is 6. The van der Waals surface area contributed by atoms with E-state index in [9.17, 15) is 43.2 Å². The van der Waals surface area contributed by atoms with E-state index in [1.54, 1.807) is 44.2 Å². The summed E-state index contributed by atoms with van der Waals surface area (Å²) in [7, 11) is 0. The average Bonchev–Trinajstić information content (AvgIpc) is 1.60. The van der Waals surface area contributed by atoms with E-state index in [-0.39, 0.29) is 101 Å². The van der Waals surface area contributed by atoms with E-state index < -0.39 is 107 Å². The zero-order valence-corrected chi connectivity index (χ0v) is 70.7. The minimum Gasteiger partial charge on any atom is -0.370 e. The van der Waals surface area contributed by atoms with Crippen molar-refractivity contribution in [3.8, 4) is 0 Å². The van der Waals surface area contributed by atoms with Crippen LogP contribution in [0.3, 0.4) is 0 Å². The van der Waals surface area contributed by atoms with Crippen molar-refractivity contribution in [3.05, 3.63) is 71.8 Å². The molecule has 1 saturated heterocycles. The van der Waals surface area contributed by atoms with Gasteiger partial charge >= 0.3 is 0 Å². The summed E-state index contributed by atoms with van der Waals surface area (Å²) < 4.78 is 0. The Morgan fingerprint density at radius 2 is 0.833 bits per heavy atom. The first-order chi connectivity index (χ1) is 54.7. The quantitative estimate of drug-likeness (QED) is 0.0166. The van der Waals surface area contributed by atoms with Crippen molar-refractivity contribution in [2.45, 2.75) is 359 Å². The van der Waals surface area contributed by atoms with E-state index in [1.165, 1.54) is 185 Å². The van der Waals surface area contributed by atoms with Gasteiger partial charge < -0.3 is 81.4 Å². The summed E-state index contributed by atoms with van der Waals surface area (Å²) in [5, 5.41) is 19.6. The summed E-state index contributed by atoms with van der Waals surface area (Å²) in [5.74, 6) is -7.92. The number of benzene rings is 2. The monoisotopic (exact) mass is 1590 g/mol. The van der Waals surface area contributed by atoms with Crippen LogP contribution in [0.5, 0.6) is 0 Å². The fraction of sp³-hybridized carbons (Fsp3) is 0.724. The first kappa shape index (κ1) is 99.8. The fourth-order valence-corrected chi connectivity index (χ4v) is 14.6. The summed E-state index contributed by atoms with van der Waals surface area (Å²) >= 11 is 0. The highest BCUT2D eigenvalue weighted by atomic mass is 16.2. The minimum absolute atomic E-state index is 0.0256. The first-order valence-electron chi connectivity index (χ1n) is 43.7. The van der Waals surface area contributed by atoms with Gasteiger partial charge in [-0.05, 0) is 121 Å². The molecule has 10 amide bonds. The van der Waals surface area contributed by atoms with Crippen molar-refractivity contribution in [2.24, 2.45) is 50.3 Å². The number of unbranched alkanes of at least 4 members (excludes halogenated alkanes) is 28. The smallest absolute Gasteiger partial charge is 0.245 e. The Labute approximate surface area is 683 Å². The molecule has 1 aliphatic heterocycles. The van der Waals surface area contributed by atoms with Crippen LogP contribution >= 0.6 is 0 Å². The fourth-order valence-electron chi connectivity index (χ4n) is 14.6. The lowest BCUT2D eigenvalue weighted by molar-refractivity contribution is -0.142. The topological polar surface area (TPSA) is 442 Å². The van der Waals surface area contributed by atoms with E-state index in [0.717, 1.165) is 32.5 Å². The molecule has 0 spiro atoms. The lowest BCUT2D eigenvalue weighted by Gasteiger charge is -2.31. The van der Waals surface area contributed by atoms with Crippen molar-refractivity contribution >= 4 is 71.0 Å². The van der Waals surface area contributed by atoms with E-state index in [1.807, 2.05) is 44.2 Å². The molecular formula is C87H151N17O10. The van der Waals surface area contributed by atoms with Crippen LogP contribution < -0.4 is 71.6 Å². The molecule has 0 radical (unpaired) electrons. The molecule has 644 valence electrons. The molecule has 1 aliphatic rings. The maximum Gasteiger partial charge on any atom is 0.245 e. The van der Waals surface area contributed by atoms with Crippen LogP contribution in [0.25, 0.3) is 0 Å². The molecule has 27 nitrogen and oxygen atoms in total. The van der Waals surface area contributed by atoms with Gasteiger partial charge in [0.05, 0.1) is 6.42 Å². The number of nitrogens with one attached hydrogen (secondary N) is 7. The molecule has 19 N–H and O–H groups in total. The molecule has 3 rings (SSSR count). The third-order valence-corrected chi connectivity index (χ3v) is 21.3. The molecule has 2 aromatic carbocycles. The Morgan fingerprint density at radius 1 is 0.456 bits per heavy atom. The van der Waals surface area contributed by atoms with Crippen molar-refractivity contribution in [2.75, 3.05) is 39.3 Å². The van der Waals surface area contributed by atoms with E-state index in [0.29, 0.717) is 24.0 Å². The molecule has 7 atom stereocenters. The Balaban J connectivity index is 1.76. The van der Waals surface area contributed by atoms with Crippen LogP contribution in [0.15, 0.2) is 70.6 Å². The second-order valence-electron chi connectivity index (χ2n) is 32.5. The SMILES string of the molecule is CCCCCCCCCCCCCCCCN(CCCCCCCCCCCCCCCC)CCCCCC(=O)NC(C)(C)C(=O)NC(Cc1ccccc1)C(=O)NC(CC(C)C)C(=O)NC(Cc1ccccc1)C(=O)NC(CCCN=C(N)N)C(=O)N1CCCC1C(=O)NC(CCCN=C(N)N)C(=O)NC(CC(N)=O)C(N)=O. The predicted molar refractivity (Wildman–Crippen MR) is 457 cm³/mol. The van der Waals surface area contributed by atoms with Gasteiger partial charge in [-0.3, -0.25) is 57.9 Å². The normalized spacial score (nSPS) is 14.4. The van der Waals surface area contributed by atoms with Gasteiger partial charge in [-0.15, -0.1) is 0 Å². The maximum absolute atomic E-state index is 15.0. The van der Waals surface area contributed by atoms with Crippen molar-refractivity contribution in [1.82, 2.24) is 47.0 Å². The third-order valence-electron chi connectivity index (χ3n) is 21.3. The number of hydrogen-bond acceptors (Lipinski definition) is 13.